The van der Waals surface area contributed by atoms with Crippen molar-refractivity contribution in [3.05, 3.63) is 68.6 Å². The topological polar surface area (TPSA) is 95.2 Å². The van der Waals surface area contributed by atoms with Gasteiger partial charge >= 0.3 is 12.6 Å². The molecule has 0 radical (unpaired) electrons. The van der Waals surface area contributed by atoms with Crippen molar-refractivity contribution < 1.29 is 31.1 Å². The standard InChI is InChI=1S/C12H7ClF6N4S.C11H10ClN3OS/c1-20-10-23(7-4-2-6(13)3-5-7)8(21-11(14,15)16)9(24-10)22-12(17,18)19;1-6-3-4-8(5-9(6)12)13-11(16)10-7(2)14-15-17-10/h2-5H,1H3;3-5H,1-2H3,(H,13,16). The minimum atomic E-state index is -5.09. The summed E-state index contributed by atoms with van der Waals surface area (Å²) < 4.78 is 79.3. The number of amides is 1. The van der Waals surface area contributed by atoms with Crippen molar-refractivity contribution in [3.63, 3.8) is 0 Å². The van der Waals surface area contributed by atoms with E-state index in [1.807, 2.05) is 19.1 Å². The first-order valence-corrected chi connectivity index (χ1v) is 13.3. The molecule has 1 aromatic heterocycles. The number of aliphatic imine (C=N–C) groups is 3. The van der Waals surface area contributed by atoms with Crippen molar-refractivity contribution in [3.8, 4) is 0 Å². The van der Waals surface area contributed by atoms with Crippen LogP contribution in [0.5, 0.6) is 0 Å². The summed E-state index contributed by atoms with van der Waals surface area (Å²) in [5.41, 5.74) is 2.38. The maximum absolute atomic E-state index is 12.7. The highest BCUT2D eigenvalue weighted by Gasteiger charge is 2.41. The van der Waals surface area contributed by atoms with Crippen molar-refractivity contribution in [2.45, 2.75) is 26.4 Å². The number of benzene rings is 2. The molecular formula is C23H17Cl2F6N7OS2. The number of nitrogens with one attached hydrogen (secondary N) is 1. The molecule has 0 bridgehead atoms. The lowest BCUT2D eigenvalue weighted by molar-refractivity contribution is -0.121. The summed E-state index contributed by atoms with van der Waals surface area (Å²) in [6.45, 7) is 3.66. The zero-order valence-corrected chi connectivity index (χ0v) is 24.1. The molecule has 3 aromatic rings. The lowest BCUT2D eigenvalue weighted by atomic mass is 10.2. The van der Waals surface area contributed by atoms with Crippen LogP contribution < -0.4 is 10.2 Å². The highest BCUT2D eigenvalue weighted by molar-refractivity contribution is 8.29. The molecule has 0 aliphatic carbocycles. The normalized spacial score (nSPS) is 16.8. The molecule has 1 amide bonds. The molecule has 1 saturated heterocycles. The Morgan fingerprint density at radius 2 is 1.61 bits per heavy atom. The molecule has 18 heteroatoms. The molecule has 2 aromatic carbocycles. The van der Waals surface area contributed by atoms with Crippen LogP contribution in [0.15, 0.2) is 57.4 Å². The monoisotopic (exact) mass is 655 g/mol. The van der Waals surface area contributed by atoms with Gasteiger partial charge in [-0.3, -0.25) is 14.7 Å². The molecule has 218 valence electrons. The van der Waals surface area contributed by atoms with E-state index in [1.54, 1.807) is 13.0 Å². The average molecular weight is 656 g/mol. The largest absolute Gasteiger partial charge is 0.505 e. The van der Waals surface area contributed by atoms with Gasteiger partial charge in [0.2, 0.25) is 0 Å². The smallest absolute Gasteiger partial charge is 0.321 e. The van der Waals surface area contributed by atoms with E-state index in [4.69, 9.17) is 23.2 Å². The van der Waals surface area contributed by atoms with Crippen LogP contribution in [0, 0.1) is 13.8 Å². The highest BCUT2D eigenvalue weighted by Crippen LogP contribution is 2.34. The Labute approximate surface area is 247 Å². The SMILES string of the molecule is CN=C1SC(=NC(F)(F)F)C(=NC(F)(F)F)N1c1ccc(Cl)cc1.Cc1ccc(NC(=O)c2snnc2C)cc1Cl. The fraction of sp³-hybridized carbons (Fsp3) is 0.217. The second-order valence-electron chi connectivity index (χ2n) is 7.81. The van der Waals surface area contributed by atoms with Gasteiger partial charge in [-0.05, 0) is 79.1 Å². The summed E-state index contributed by atoms with van der Waals surface area (Å²) in [6, 6.07) is 10.8. The van der Waals surface area contributed by atoms with Gasteiger partial charge in [-0.1, -0.05) is 33.8 Å². The van der Waals surface area contributed by atoms with E-state index < -0.39 is 23.5 Å². The number of alkyl halides is 6. The van der Waals surface area contributed by atoms with Crippen LogP contribution in [0.4, 0.5) is 37.7 Å². The average Bonchev–Trinajstić information content (AvgIpc) is 3.43. The van der Waals surface area contributed by atoms with Crippen LogP contribution in [0.25, 0.3) is 0 Å². The lowest BCUT2D eigenvalue weighted by Gasteiger charge is -2.18. The van der Waals surface area contributed by atoms with Crippen LogP contribution in [0.2, 0.25) is 10.0 Å². The predicted octanol–water partition coefficient (Wildman–Crippen LogP) is 7.78. The fourth-order valence-corrected chi connectivity index (χ4v) is 4.82. The molecule has 0 spiro atoms. The van der Waals surface area contributed by atoms with Gasteiger partial charge in [0.05, 0.1) is 5.69 Å². The second-order valence-corrected chi connectivity index (χ2v) is 10.4. The van der Waals surface area contributed by atoms with E-state index in [2.05, 4.69) is 29.9 Å². The molecule has 41 heavy (non-hydrogen) atoms. The quantitative estimate of drug-likeness (QED) is 0.230. The van der Waals surface area contributed by atoms with E-state index in [9.17, 15) is 31.1 Å². The summed E-state index contributed by atoms with van der Waals surface area (Å²) in [5, 5.41) is 6.40. The molecule has 4 rings (SSSR count). The number of hydrogen-bond donors (Lipinski definition) is 1. The van der Waals surface area contributed by atoms with E-state index in [-0.39, 0.29) is 16.8 Å². The Bertz CT molecular complexity index is 1510. The molecule has 2 heterocycles. The third kappa shape index (κ3) is 9.14. The van der Waals surface area contributed by atoms with Crippen molar-refractivity contribution in [1.29, 1.82) is 0 Å². The molecule has 1 aliphatic rings. The number of hydrogen-bond acceptors (Lipinski definition) is 8. The Balaban J connectivity index is 0.000000239. The Kier molecular flexibility index (Phi) is 10.4. The van der Waals surface area contributed by atoms with Crippen LogP contribution in [0.1, 0.15) is 20.9 Å². The zero-order valence-electron chi connectivity index (χ0n) is 21.0. The van der Waals surface area contributed by atoms with E-state index in [0.29, 0.717) is 38.1 Å². The third-order valence-corrected chi connectivity index (χ3v) is 7.31. The van der Waals surface area contributed by atoms with Gasteiger partial charge in [-0.25, -0.2) is 0 Å². The molecule has 1 aliphatic heterocycles. The lowest BCUT2D eigenvalue weighted by Crippen LogP contribution is -2.33. The van der Waals surface area contributed by atoms with Gasteiger partial charge in [0, 0.05) is 28.5 Å². The van der Waals surface area contributed by atoms with Crippen LogP contribution in [-0.2, 0) is 0 Å². The van der Waals surface area contributed by atoms with Gasteiger partial charge < -0.3 is 5.32 Å². The second kappa shape index (κ2) is 13.2. The molecule has 8 nitrogen and oxygen atoms in total. The Morgan fingerprint density at radius 1 is 0.976 bits per heavy atom. The first kappa shape index (κ1) is 32.3. The molecule has 0 unspecified atom stereocenters. The number of aryl methyl sites for hydroxylation is 2. The Morgan fingerprint density at radius 3 is 2.12 bits per heavy atom. The summed E-state index contributed by atoms with van der Waals surface area (Å²) >= 11 is 13.1. The molecule has 0 atom stereocenters. The minimum Gasteiger partial charge on any atom is -0.321 e. The van der Waals surface area contributed by atoms with Gasteiger partial charge in [0.15, 0.2) is 16.0 Å². The summed E-state index contributed by atoms with van der Waals surface area (Å²) in [6.07, 6.45) is -10.1. The predicted molar refractivity (Wildman–Crippen MR) is 151 cm³/mol. The number of nitrogens with zero attached hydrogens (tertiary/aromatic N) is 6. The van der Waals surface area contributed by atoms with Crippen molar-refractivity contribution in [2.75, 3.05) is 17.3 Å². The number of thioether (sulfide) groups is 1. The summed E-state index contributed by atoms with van der Waals surface area (Å²) in [7, 11) is 1.23. The maximum Gasteiger partial charge on any atom is 0.505 e. The third-order valence-electron chi connectivity index (χ3n) is 4.81. The zero-order chi connectivity index (χ0) is 30.5. The van der Waals surface area contributed by atoms with Gasteiger partial charge in [-0.15, -0.1) is 31.4 Å². The summed E-state index contributed by atoms with van der Waals surface area (Å²) in [5.74, 6) is -1.22. The van der Waals surface area contributed by atoms with Crippen LogP contribution >= 0.6 is 46.5 Å². The van der Waals surface area contributed by atoms with E-state index in [0.717, 1.165) is 22.0 Å². The van der Waals surface area contributed by atoms with Crippen LogP contribution in [0.3, 0.4) is 0 Å². The van der Waals surface area contributed by atoms with Crippen LogP contribution in [-0.4, -0.2) is 51.2 Å². The van der Waals surface area contributed by atoms with E-state index >= 15 is 0 Å². The molecule has 1 N–H and O–H groups in total. The van der Waals surface area contributed by atoms with Gasteiger partial charge in [-0.2, -0.15) is 9.98 Å². The number of amidine groups is 2. The van der Waals surface area contributed by atoms with Crippen molar-refractivity contribution in [1.82, 2.24) is 9.59 Å². The molecule has 0 saturated carbocycles. The molecule has 1 fully saturated rings. The van der Waals surface area contributed by atoms with Crippen molar-refractivity contribution >= 4 is 79.8 Å². The van der Waals surface area contributed by atoms with Gasteiger partial charge in [0.25, 0.3) is 5.91 Å². The maximum atomic E-state index is 12.7. The number of aromatic nitrogens is 2. The number of anilines is 2. The Hall–Kier alpha value is -3.21. The number of rotatable bonds is 3. The first-order valence-electron chi connectivity index (χ1n) is 11.0. The number of carbonyl (C=O) groups excluding carboxylic acids is 1. The summed E-state index contributed by atoms with van der Waals surface area (Å²) in [4.78, 5) is 21.7. The van der Waals surface area contributed by atoms with Crippen molar-refractivity contribution in [2.24, 2.45) is 15.0 Å². The van der Waals surface area contributed by atoms with Gasteiger partial charge in [0.1, 0.15) is 4.88 Å². The number of halogens is 8. The number of carbonyl (C=O) groups is 1. The minimum absolute atomic E-state index is 0.114. The highest BCUT2D eigenvalue weighted by atomic mass is 35.5. The molecular weight excluding hydrogens is 639 g/mol. The fourth-order valence-electron chi connectivity index (χ4n) is 3.04. The van der Waals surface area contributed by atoms with E-state index in [1.165, 1.54) is 31.3 Å². The first-order chi connectivity index (χ1) is 19.1.